The highest BCUT2D eigenvalue weighted by atomic mass is 19.1. The van der Waals surface area contributed by atoms with Gasteiger partial charge in [0.05, 0.1) is 22.6 Å². The summed E-state index contributed by atoms with van der Waals surface area (Å²) in [5.41, 5.74) is 7.08. The Kier molecular flexibility index (Phi) is 3.34. The van der Waals surface area contributed by atoms with E-state index in [0.29, 0.717) is 17.3 Å². The molecule has 0 radical (unpaired) electrons. The number of rotatable bonds is 2. The Bertz CT molecular complexity index is 675. The fourth-order valence-corrected chi connectivity index (χ4v) is 1.75. The van der Waals surface area contributed by atoms with Crippen LogP contribution >= 0.6 is 0 Å². The summed E-state index contributed by atoms with van der Waals surface area (Å²) in [6, 6.07) is 9.00. The van der Waals surface area contributed by atoms with E-state index in [1.807, 2.05) is 6.07 Å². The van der Waals surface area contributed by atoms with Crippen molar-refractivity contribution in [3.05, 3.63) is 53.1 Å². The van der Waals surface area contributed by atoms with E-state index >= 15 is 0 Å². The number of hydrogen-bond donors (Lipinski definition) is 2. The lowest BCUT2D eigenvalue weighted by atomic mass is 10.1. The lowest BCUT2D eigenvalue weighted by Gasteiger charge is -2.12. The molecule has 0 spiro atoms. The van der Waals surface area contributed by atoms with Gasteiger partial charge in [-0.3, -0.25) is 0 Å². The van der Waals surface area contributed by atoms with E-state index in [1.54, 1.807) is 25.1 Å². The molecule has 0 aliphatic carbocycles. The second-order valence-electron chi connectivity index (χ2n) is 4.08. The molecule has 0 aromatic heterocycles. The van der Waals surface area contributed by atoms with Crippen molar-refractivity contribution in [2.24, 2.45) is 0 Å². The molecule has 19 heavy (non-hydrogen) atoms. The van der Waals surface area contributed by atoms with Crippen molar-refractivity contribution in [2.75, 3.05) is 11.1 Å². The molecule has 0 amide bonds. The van der Waals surface area contributed by atoms with Gasteiger partial charge in [0.25, 0.3) is 0 Å². The lowest BCUT2D eigenvalue weighted by molar-refractivity contribution is 0.587. The van der Waals surface area contributed by atoms with Crippen molar-refractivity contribution in [3.8, 4) is 6.07 Å². The van der Waals surface area contributed by atoms with Crippen LogP contribution in [0.3, 0.4) is 0 Å². The molecule has 2 aromatic rings. The quantitative estimate of drug-likeness (QED) is 0.812. The van der Waals surface area contributed by atoms with Gasteiger partial charge in [-0.25, -0.2) is 8.78 Å². The average molecular weight is 259 g/mol. The summed E-state index contributed by atoms with van der Waals surface area (Å²) in [6.07, 6.45) is 0. The van der Waals surface area contributed by atoms with Crippen LogP contribution in [0.4, 0.5) is 25.8 Å². The molecule has 96 valence electrons. The third kappa shape index (κ3) is 2.47. The summed E-state index contributed by atoms with van der Waals surface area (Å²) >= 11 is 0. The average Bonchev–Trinajstić information content (AvgIpc) is 2.35. The molecular weight excluding hydrogens is 248 g/mol. The smallest absolute Gasteiger partial charge is 0.151 e. The lowest BCUT2D eigenvalue weighted by Crippen LogP contribution is -2.02. The summed E-state index contributed by atoms with van der Waals surface area (Å²) in [6.45, 7) is 1.78. The molecule has 3 N–H and O–H groups in total. The van der Waals surface area contributed by atoms with Gasteiger partial charge in [-0.2, -0.15) is 5.26 Å². The number of anilines is 3. The Hall–Kier alpha value is -2.61. The minimum Gasteiger partial charge on any atom is -0.395 e. The molecular formula is C14H11F2N3. The number of hydrogen-bond acceptors (Lipinski definition) is 3. The predicted octanol–water partition coefficient (Wildman–Crippen LogP) is 3.47. The summed E-state index contributed by atoms with van der Waals surface area (Å²) in [7, 11) is 0. The van der Waals surface area contributed by atoms with E-state index in [-0.39, 0.29) is 11.4 Å². The van der Waals surface area contributed by atoms with Gasteiger partial charge in [-0.1, -0.05) is 12.1 Å². The van der Waals surface area contributed by atoms with Crippen LogP contribution in [0.1, 0.15) is 11.1 Å². The van der Waals surface area contributed by atoms with Crippen LogP contribution in [-0.2, 0) is 0 Å². The maximum atomic E-state index is 13.3. The Morgan fingerprint density at radius 1 is 1.21 bits per heavy atom. The number of halogens is 2. The fraction of sp³-hybridized carbons (Fsp3) is 0.0714. The molecule has 0 fully saturated rings. The SMILES string of the molecule is Cc1cccc(Nc2cc(F)cc(F)c2N)c1C#N. The molecule has 3 nitrogen and oxygen atoms in total. The molecule has 0 bridgehead atoms. The number of aryl methyl sites for hydroxylation is 1. The molecule has 2 rings (SSSR count). The predicted molar refractivity (Wildman–Crippen MR) is 69.9 cm³/mol. The van der Waals surface area contributed by atoms with E-state index in [9.17, 15) is 8.78 Å². The zero-order valence-corrected chi connectivity index (χ0v) is 10.2. The van der Waals surface area contributed by atoms with Crippen molar-refractivity contribution in [3.63, 3.8) is 0 Å². The minimum atomic E-state index is -0.839. The van der Waals surface area contributed by atoms with Gasteiger partial charge in [-0.05, 0) is 24.6 Å². The monoisotopic (exact) mass is 259 g/mol. The Morgan fingerprint density at radius 3 is 2.63 bits per heavy atom. The molecule has 0 aliphatic rings. The van der Waals surface area contributed by atoms with Crippen molar-refractivity contribution in [1.29, 1.82) is 5.26 Å². The first-order valence-corrected chi connectivity index (χ1v) is 5.54. The topological polar surface area (TPSA) is 61.8 Å². The Morgan fingerprint density at radius 2 is 1.95 bits per heavy atom. The number of nitrogens with two attached hydrogens (primary N) is 1. The number of nitrogen functional groups attached to an aromatic ring is 1. The van der Waals surface area contributed by atoms with Gasteiger partial charge in [0.1, 0.15) is 11.9 Å². The van der Waals surface area contributed by atoms with Crippen LogP contribution < -0.4 is 11.1 Å². The highest BCUT2D eigenvalue weighted by Gasteiger charge is 2.11. The summed E-state index contributed by atoms with van der Waals surface area (Å²) in [5, 5.41) is 11.9. The van der Waals surface area contributed by atoms with E-state index in [0.717, 1.165) is 11.6 Å². The molecule has 0 saturated carbocycles. The van der Waals surface area contributed by atoms with E-state index in [1.165, 1.54) is 0 Å². The van der Waals surface area contributed by atoms with Crippen LogP contribution in [0.15, 0.2) is 30.3 Å². The van der Waals surface area contributed by atoms with Gasteiger partial charge in [-0.15, -0.1) is 0 Å². The van der Waals surface area contributed by atoms with Gasteiger partial charge in [0.2, 0.25) is 0 Å². The van der Waals surface area contributed by atoms with Crippen LogP contribution in [0.5, 0.6) is 0 Å². The minimum absolute atomic E-state index is 0.0969. The maximum absolute atomic E-state index is 13.3. The first-order valence-electron chi connectivity index (χ1n) is 5.54. The molecule has 0 heterocycles. The summed E-state index contributed by atoms with van der Waals surface area (Å²) in [4.78, 5) is 0. The Labute approximate surface area is 109 Å². The van der Waals surface area contributed by atoms with Gasteiger partial charge < -0.3 is 11.1 Å². The Balaban J connectivity index is 2.48. The first-order chi connectivity index (χ1) is 9.02. The van der Waals surface area contributed by atoms with Crippen LogP contribution in [-0.4, -0.2) is 0 Å². The van der Waals surface area contributed by atoms with E-state index in [4.69, 9.17) is 11.0 Å². The molecule has 5 heteroatoms. The molecule has 0 atom stereocenters. The number of nitriles is 1. The number of benzene rings is 2. The maximum Gasteiger partial charge on any atom is 0.151 e. The summed E-state index contributed by atoms with van der Waals surface area (Å²) in [5.74, 6) is -1.57. The second-order valence-corrected chi connectivity index (χ2v) is 4.08. The summed E-state index contributed by atoms with van der Waals surface area (Å²) < 4.78 is 26.5. The molecule has 0 saturated heterocycles. The number of nitrogens with one attached hydrogen (secondary N) is 1. The molecule has 0 unspecified atom stereocenters. The van der Waals surface area contributed by atoms with Gasteiger partial charge in [0, 0.05) is 6.07 Å². The van der Waals surface area contributed by atoms with Gasteiger partial charge in [0.15, 0.2) is 5.82 Å². The zero-order valence-electron chi connectivity index (χ0n) is 10.2. The van der Waals surface area contributed by atoms with Crippen LogP contribution in [0, 0.1) is 29.9 Å². The largest absolute Gasteiger partial charge is 0.395 e. The zero-order chi connectivity index (χ0) is 14.0. The highest BCUT2D eigenvalue weighted by Crippen LogP contribution is 2.29. The normalized spacial score (nSPS) is 10.0. The standard InChI is InChI=1S/C14H11F2N3/c1-8-3-2-4-12(10(8)7-17)19-13-6-9(15)5-11(16)14(13)18/h2-6,19H,18H2,1H3. The van der Waals surface area contributed by atoms with E-state index in [2.05, 4.69) is 5.32 Å². The highest BCUT2D eigenvalue weighted by molar-refractivity contribution is 5.76. The number of nitrogens with zero attached hydrogens (tertiary/aromatic N) is 1. The third-order valence-corrected chi connectivity index (χ3v) is 2.75. The van der Waals surface area contributed by atoms with E-state index < -0.39 is 11.6 Å². The fourth-order valence-electron chi connectivity index (χ4n) is 1.75. The van der Waals surface area contributed by atoms with Crippen molar-refractivity contribution >= 4 is 17.1 Å². The van der Waals surface area contributed by atoms with Gasteiger partial charge >= 0.3 is 0 Å². The van der Waals surface area contributed by atoms with Crippen molar-refractivity contribution in [1.82, 2.24) is 0 Å². The van der Waals surface area contributed by atoms with Crippen LogP contribution in [0.2, 0.25) is 0 Å². The van der Waals surface area contributed by atoms with Crippen molar-refractivity contribution < 1.29 is 8.78 Å². The second kappa shape index (κ2) is 4.94. The molecule has 2 aromatic carbocycles. The third-order valence-electron chi connectivity index (χ3n) is 2.75. The van der Waals surface area contributed by atoms with Crippen molar-refractivity contribution in [2.45, 2.75) is 6.92 Å². The first kappa shape index (κ1) is 12.8. The van der Waals surface area contributed by atoms with Crippen LogP contribution in [0.25, 0.3) is 0 Å². The molecule has 0 aliphatic heterocycles.